The van der Waals surface area contributed by atoms with E-state index in [9.17, 15) is 8.42 Å². The molecule has 1 fully saturated rings. The number of imidazole rings is 1. The van der Waals surface area contributed by atoms with Gasteiger partial charge in [-0.05, 0) is 12.8 Å². The standard InChI is InChI=1S/C14H16N6O3S/c1-19-9-13(18-10-19)24(21,22)20-6-2-3-11(8-20)23-14-12(7-15)16-4-5-17-14/h4-5,9-11H,2-3,6,8H2,1H3/t11-/m1/s1. The van der Waals surface area contributed by atoms with Crippen LogP contribution in [0.2, 0.25) is 0 Å². The van der Waals surface area contributed by atoms with Gasteiger partial charge in [0.25, 0.3) is 15.9 Å². The van der Waals surface area contributed by atoms with Gasteiger partial charge in [-0.1, -0.05) is 0 Å². The number of piperidine rings is 1. The van der Waals surface area contributed by atoms with E-state index in [0.29, 0.717) is 19.4 Å². The summed E-state index contributed by atoms with van der Waals surface area (Å²) in [6.07, 6.45) is 6.70. The molecule has 0 saturated carbocycles. The first-order chi connectivity index (χ1) is 11.5. The molecule has 0 radical (unpaired) electrons. The molecule has 0 N–H and O–H groups in total. The molecule has 0 spiro atoms. The van der Waals surface area contributed by atoms with E-state index < -0.39 is 10.0 Å². The Kier molecular flexibility index (Phi) is 4.46. The Balaban J connectivity index is 1.76. The number of rotatable bonds is 4. The van der Waals surface area contributed by atoms with Gasteiger partial charge in [0.05, 0.1) is 12.9 Å². The van der Waals surface area contributed by atoms with E-state index in [1.807, 2.05) is 6.07 Å². The zero-order chi connectivity index (χ0) is 17.2. The van der Waals surface area contributed by atoms with Crippen molar-refractivity contribution in [2.45, 2.75) is 24.0 Å². The van der Waals surface area contributed by atoms with Gasteiger partial charge in [0, 0.05) is 32.2 Å². The Hall–Kier alpha value is -2.51. The third-order valence-corrected chi connectivity index (χ3v) is 5.43. The molecule has 1 saturated heterocycles. The zero-order valence-corrected chi connectivity index (χ0v) is 13.8. The summed E-state index contributed by atoms with van der Waals surface area (Å²) in [6, 6.07) is 1.91. The van der Waals surface area contributed by atoms with Crippen LogP contribution in [0.1, 0.15) is 18.5 Å². The van der Waals surface area contributed by atoms with Crippen molar-refractivity contribution in [2.24, 2.45) is 7.05 Å². The molecule has 0 aliphatic carbocycles. The van der Waals surface area contributed by atoms with E-state index in [1.54, 1.807) is 11.6 Å². The highest BCUT2D eigenvalue weighted by atomic mass is 32.2. The number of aromatic nitrogens is 4. The van der Waals surface area contributed by atoms with Crippen LogP contribution in [0.25, 0.3) is 0 Å². The van der Waals surface area contributed by atoms with E-state index in [0.717, 1.165) is 0 Å². The van der Waals surface area contributed by atoms with Crippen molar-refractivity contribution in [3.8, 4) is 11.9 Å². The first kappa shape index (κ1) is 16.4. The smallest absolute Gasteiger partial charge is 0.262 e. The van der Waals surface area contributed by atoms with Crippen molar-refractivity contribution >= 4 is 10.0 Å². The Morgan fingerprint density at radius 3 is 2.83 bits per heavy atom. The molecule has 3 rings (SSSR count). The summed E-state index contributed by atoms with van der Waals surface area (Å²) in [4.78, 5) is 11.8. The Bertz CT molecular complexity index is 873. The van der Waals surface area contributed by atoms with Gasteiger partial charge in [-0.25, -0.2) is 23.4 Å². The molecule has 1 aliphatic heterocycles. The maximum absolute atomic E-state index is 12.6. The summed E-state index contributed by atoms with van der Waals surface area (Å²) in [5.41, 5.74) is 0.0854. The summed E-state index contributed by atoms with van der Waals surface area (Å²) < 4.78 is 33.9. The van der Waals surface area contributed by atoms with Crippen LogP contribution in [-0.2, 0) is 17.1 Å². The lowest BCUT2D eigenvalue weighted by Gasteiger charge is -2.31. The van der Waals surface area contributed by atoms with Crippen LogP contribution in [0, 0.1) is 11.3 Å². The molecule has 0 aromatic carbocycles. The Labute approximate surface area is 139 Å². The number of hydrogen-bond acceptors (Lipinski definition) is 7. The summed E-state index contributed by atoms with van der Waals surface area (Å²) in [5.74, 6) is 0.127. The number of nitrogens with zero attached hydrogens (tertiary/aromatic N) is 6. The second-order valence-corrected chi connectivity index (χ2v) is 7.33. The maximum atomic E-state index is 12.6. The lowest BCUT2D eigenvalue weighted by molar-refractivity contribution is 0.123. The van der Waals surface area contributed by atoms with E-state index >= 15 is 0 Å². The summed E-state index contributed by atoms with van der Waals surface area (Å²) >= 11 is 0. The van der Waals surface area contributed by atoms with E-state index in [4.69, 9.17) is 10.00 Å². The predicted octanol–water partition coefficient (Wildman–Crippen LogP) is 0.314. The van der Waals surface area contributed by atoms with Crippen molar-refractivity contribution in [3.05, 3.63) is 30.6 Å². The molecule has 2 aromatic rings. The monoisotopic (exact) mass is 348 g/mol. The zero-order valence-electron chi connectivity index (χ0n) is 13.0. The van der Waals surface area contributed by atoms with Crippen molar-refractivity contribution < 1.29 is 13.2 Å². The average molecular weight is 348 g/mol. The minimum atomic E-state index is -3.66. The van der Waals surface area contributed by atoms with Gasteiger partial charge in [-0.3, -0.25) is 0 Å². The van der Waals surface area contributed by atoms with Crippen molar-refractivity contribution in [3.63, 3.8) is 0 Å². The fraction of sp³-hybridized carbons (Fsp3) is 0.429. The molecule has 1 aliphatic rings. The van der Waals surface area contributed by atoms with Gasteiger partial charge in [-0.2, -0.15) is 9.57 Å². The summed E-state index contributed by atoms with van der Waals surface area (Å²) in [7, 11) is -1.95. The molecular weight excluding hydrogens is 332 g/mol. The van der Waals surface area contributed by atoms with Gasteiger partial charge in [-0.15, -0.1) is 0 Å². The predicted molar refractivity (Wildman–Crippen MR) is 82.4 cm³/mol. The molecule has 3 heterocycles. The van der Waals surface area contributed by atoms with Crippen molar-refractivity contribution in [2.75, 3.05) is 13.1 Å². The lowest BCUT2D eigenvalue weighted by atomic mass is 10.1. The SMILES string of the molecule is Cn1cnc(S(=O)(=O)N2CCC[C@@H](Oc3nccnc3C#N)C2)c1. The fourth-order valence-electron chi connectivity index (χ4n) is 2.52. The molecule has 126 valence electrons. The second kappa shape index (κ2) is 6.54. The summed E-state index contributed by atoms with van der Waals surface area (Å²) in [6.45, 7) is 0.588. The highest BCUT2D eigenvalue weighted by molar-refractivity contribution is 7.89. The third-order valence-electron chi connectivity index (χ3n) is 3.68. The topological polar surface area (TPSA) is 114 Å². The quantitative estimate of drug-likeness (QED) is 0.781. The average Bonchev–Trinajstić information content (AvgIpc) is 3.03. The van der Waals surface area contributed by atoms with Crippen LogP contribution in [0.3, 0.4) is 0 Å². The Morgan fingerprint density at radius 2 is 2.12 bits per heavy atom. The lowest BCUT2D eigenvalue weighted by Crippen LogP contribution is -2.44. The molecule has 0 unspecified atom stereocenters. The van der Waals surface area contributed by atoms with Crippen LogP contribution >= 0.6 is 0 Å². The molecule has 9 nitrogen and oxygen atoms in total. The Morgan fingerprint density at radius 1 is 1.33 bits per heavy atom. The normalized spacial score (nSPS) is 18.9. The van der Waals surface area contributed by atoms with Gasteiger partial charge in [0.15, 0.2) is 5.03 Å². The third kappa shape index (κ3) is 3.22. The number of aryl methyl sites for hydroxylation is 1. The van der Waals surface area contributed by atoms with Gasteiger partial charge >= 0.3 is 0 Å². The minimum absolute atomic E-state index is 0.0165. The summed E-state index contributed by atoms with van der Waals surface area (Å²) in [5, 5.41) is 9.05. The fourth-order valence-corrected chi connectivity index (χ4v) is 4.00. The van der Waals surface area contributed by atoms with Crippen LogP contribution in [0.15, 0.2) is 29.9 Å². The van der Waals surface area contributed by atoms with Crippen LogP contribution in [0.5, 0.6) is 5.88 Å². The number of nitriles is 1. The molecular formula is C14H16N6O3S. The minimum Gasteiger partial charge on any atom is -0.471 e. The number of ether oxygens (including phenoxy) is 1. The van der Waals surface area contributed by atoms with Gasteiger partial charge in [0.2, 0.25) is 5.69 Å². The van der Waals surface area contributed by atoms with Crippen molar-refractivity contribution in [1.29, 1.82) is 5.26 Å². The van der Waals surface area contributed by atoms with Crippen LogP contribution in [0.4, 0.5) is 0 Å². The molecule has 0 bridgehead atoms. The van der Waals surface area contributed by atoms with Crippen molar-refractivity contribution in [1.82, 2.24) is 23.8 Å². The molecule has 24 heavy (non-hydrogen) atoms. The molecule has 2 aromatic heterocycles. The first-order valence-electron chi connectivity index (χ1n) is 7.36. The molecule has 0 amide bonds. The maximum Gasteiger partial charge on any atom is 0.262 e. The van der Waals surface area contributed by atoms with Gasteiger partial charge in [0.1, 0.15) is 12.2 Å². The number of sulfonamides is 1. The highest BCUT2D eigenvalue weighted by Crippen LogP contribution is 2.22. The molecule has 10 heteroatoms. The number of hydrogen-bond donors (Lipinski definition) is 0. The van der Waals surface area contributed by atoms with E-state index in [-0.39, 0.29) is 29.2 Å². The van der Waals surface area contributed by atoms with E-state index in [2.05, 4.69) is 15.0 Å². The largest absolute Gasteiger partial charge is 0.471 e. The second-order valence-electron chi connectivity index (χ2n) is 5.44. The van der Waals surface area contributed by atoms with Gasteiger partial charge < -0.3 is 9.30 Å². The highest BCUT2D eigenvalue weighted by Gasteiger charge is 2.33. The first-order valence-corrected chi connectivity index (χ1v) is 8.80. The van der Waals surface area contributed by atoms with E-state index in [1.165, 1.54) is 29.2 Å². The molecule has 1 atom stereocenters. The van der Waals surface area contributed by atoms with Crippen LogP contribution in [-0.4, -0.2) is 51.4 Å². The van der Waals surface area contributed by atoms with Crippen LogP contribution < -0.4 is 4.74 Å².